The highest BCUT2D eigenvalue weighted by Crippen LogP contribution is 2.34. The average molecular weight is 403 g/mol. The molecule has 0 bridgehead atoms. The number of nitrogens with zero attached hydrogens (tertiary/aromatic N) is 3. The van der Waals surface area contributed by atoms with Crippen LogP contribution in [0.2, 0.25) is 0 Å². The molecule has 2 aromatic rings. The standard InChI is InChI=1S/C13H13Br2N3O2/c1-8(2)18-12(16-7-17-18)6-20-13-10(14)3-9(5-19)4-11(13)15/h3-5,7-8H,6H2,1-2H3. The molecular formula is C13H13Br2N3O2. The second-order valence-electron chi connectivity index (χ2n) is 4.43. The summed E-state index contributed by atoms with van der Waals surface area (Å²) in [6.07, 6.45) is 2.30. The van der Waals surface area contributed by atoms with Gasteiger partial charge in [0.05, 0.1) is 8.95 Å². The minimum absolute atomic E-state index is 0.223. The second-order valence-corrected chi connectivity index (χ2v) is 6.14. The highest BCUT2D eigenvalue weighted by Gasteiger charge is 2.12. The molecule has 1 aromatic carbocycles. The third-order valence-corrected chi connectivity index (χ3v) is 3.82. The molecule has 0 fully saturated rings. The van der Waals surface area contributed by atoms with Gasteiger partial charge in [-0.1, -0.05) is 0 Å². The summed E-state index contributed by atoms with van der Waals surface area (Å²) in [4.78, 5) is 15.0. The zero-order valence-corrected chi connectivity index (χ0v) is 14.2. The van der Waals surface area contributed by atoms with Gasteiger partial charge in [0.25, 0.3) is 0 Å². The third kappa shape index (κ3) is 3.27. The maximum Gasteiger partial charge on any atom is 0.165 e. The van der Waals surface area contributed by atoms with E-state index in [0.717, 1.165) is 12.1 Å². The first-order chi connectivity index (χ1) is 9.52. The molecule has 0 unspecified atom stereocenters. The number of halogens is 2. The molecule has 0 aliphatic carbocycles. The lowest BCUT2D eigenvalue weighted by molar-refractivity contribution is 0.112. The second kappa shape index (κ2) is 6.49. The van der Waals surface area contributed by atoms with Gasteiger partial charge in [-0.3, -0.25) is 4.79 Å². The van der Waals surface area contributed by atoms with Crippen LogP contribution in [-0.2, 0) is 6.61 Å². The van der Waals surface area contributed by atoms with Crippen molar-refractivity contribution in [3.8, 4) is 5.75 Å². The van der Waals surface area contributed by atoms with Gasteiger partial charge in [-0.05, 0) is 57.8 Å². The highest BCUT2D eigenvalue weighted by atomic mass is 79.9. The molecule has 5 nitrogen and oxygen atoms in total. The summed E-state index contributed by atoms with van der Waals surface area (Å²) in [6.45, 7) is 4.36. The van der Waals surface area contributed by atoms with Gasteiger partial charge >= 0.3 is 0 Å². The topological polar surface area (TPSA) is 57.0 Å². The first-order valence-electron chi connectivity index (χ1n) is 5.98. The number of carbonyl (C=O) groups excluding carboxylic acids is 1. The molecule has 0 aliphatic heterocycles. The van der Waals surface area contributed by atoms with Crippen LogP contribution < -0.4 is 4.74 Å². The largest absolute Gasteiger partial charge is 0.483 e. The maximum absolute atomic E-state index is 10.8. The normalized spacial score (nSPS) is 10.8. The van der Waals surface area contributed by atoms with E-state index in [9.17, 15) is 4.79 Å². The number of ether oxygens (including phenoxy) is 1. The van der Waals surface area contributed by atoms with Gasteiger partial charge in [0.15, 0.2) is 5.82 Å². The van der Waals surface area contributed by atoms with Crippen molar-refractivity contribution in [1.82, 2.24) is 14.8 Å². The van der Waals surface area contributed by atoms with Gasteiger partial charge in [-0.25, -0.2) is 9.67 Å². The maximum atomic E-state index is 10.8. The van der Waals surface area contributed by atoms with Gasteiger partial charge in [-0.2, -0.15) is 5.10 Å². The summed E-state index contributed by atoms with van der Waals surface area (Å²) < 4.78 is 9.00. The van der Waals surface area contributed by atoms with Crippen LogP contribution in [0.1, 0.15) is 36.1 Å². The van der Waals surface area contributed by atoms with Crippen LogP contribution in [0, 0.1) is 0 Å². The van der Waals surface area contributed by atoms with Crippen LogP contribution in [0.25, 0.3) is 0 Å². The summed E-state index contributed by atoms with van der Waals surface area (Å²) in [5.41, 5.74) is 0.571. The number of rotatable bonds is 5. The van der Waals surface area contributed by atoms with E-state index in [2.05, 4.69) is 41.9 Å². The van der Waals surface area contributed by atoms with Crippen LogP contribution >= 0.6 is 31.9 Å². The number of carbonyl (C=O) groups is 1. The number of hydrogen-bond acceptors (Lipinski definition) is 4. The fraction of sp³-hybridized carbons (Fsp3) is 0.308. The van der Waals surface area contributed by atoms with E-state index in [4.69, 9.17) is 4.74 Å². The van der Waals surface area contributed by atoms with E-state index in [-0.39, 0.29) is 6.04 Å². The van der Waals surface area contributed by atoms with Crippen molar-refractivity contribution in [3.63, 3.8) is 0 Å². The third-order valence-electron chi connectivity index (χ3n) is 2.64. The summed E-state index contributed by atoms with van der Waals surface area (Å²) in [7, 11) is 0. The van der Waals surface area contributed by atoms with E-state index in [1.807, 2.05) is 18.5 Å². The Labute approximate surface area is 133 Å². The van der Waals surface area contributed by atoms with Crippen LogP contribution in [0.3, 0.4) is 0 Å². The molecule has 0 aliphatic rings. The fourth-order valence-electron chi connectivity index (χ4n) is 1.73. The molecular weight excluding hydrogens is 390 g/mol. The lowest BCUT2D eigenvalue weighted by Gasteiger charge is -2.13. The van der Waals surface area contributed by atoms with E-state index in [1.54, 1.807) is 12.1 Å². The zero-order chi connectivity index (χ0) is 14.7. The van der Waals surface area contributed by atoms with Gasteiger partial charge in [0.1, 0.15) is 25.0 Å². The van der Waals surface area contributed by atoms with Crippen molar-refractivity contribution in [3.05, 3.63) is 38.8 Å². The molecule has 20 heavy (non-hydrogen) atoms. The Kier molecular flexibility index (Phi) is 4.93. The van der Waals surface area contributed by atoms with E-state index in [0.29, 0.717) is 26.9 Å². The minimum Gasteiger partial charge on any atom is -0.483 e. The fourth-order valence-corrected chi connectivity index (χ4v) is 3.18. The molecule has 1 aromatic heterocycles. The molecule has 106 valence electrons. The Bertz CT molecular complexity index is 603. The van der Waals surface area contributed by atoms with Crippen molar-refractivity contribution in [2.45, 2.75) is 26.5 Å². The first kappa shape index (κ1) is 15.2. The molecule has 0 spiro atoms. The van der Waals surface area contributed by atoms with Crippen LogP contribution in [0.15, 0.2) is 27.4 Å². The Morgan fingerprint density at radius 3 is 2.55 bits per heavy atom. The summed E-state index contributed by atoms with van der Waals surface area (Å²) in [6, 6.07) is 3.64. The molecule has 2 rings (SSSR count). The molecule has 0 N–H and O–H groups in total. The summed E-state index contributed by atoms with van der Waals surface area (Å²) in [5.74, 6) is 1.38. The van der Waals surface area contributed by atoms with Crippen molar-refractivity contribution >= 4 is 38.1 Å². The molecule has 0 amide bonds. The highest BCUT2D eigenvalue weighted by molar-refractivity contribution is 9.11. The first-order valence-corrected chi connectivity index (χ1v) is 7.57. The zero-order valence-electron chi connectivity index (χ0n) is 11.0. The Hall–Kier alpha value is -1.21. The summed E-state index contributed by atoms with van der Waals surface area (Å²) in [5, 5.41) is 4.16. The van der Waals surface area contributed by atoms with Gasteiger partial charge in [0, 0.05) is 11.6 Å². The Morgan fingerprint density at radius 1 is 1.35 bits per heavy atom. The molecule has 0 radical (unpaired) electrons. The van der Waals surface area contributed by atoms with Gasteiger partial charge in [-0.15, -0.1) is 0 Å². The molecule has 0 saturated heterocycles. The molecule has 7 heteroatoms. The van der Waals surface area contributed by atoms with Gasteiger partial charge < -0.3 is 4.74 Å². The SMILES string of the molecule is CC(C)n1ncnc1COc1c(Br)cc(C=O)cc1Br. The lowest BCUT2D eigenvalue weighted by Crippen LogP contribution is -2.11. The molecule has 0 atom stereocenters. The number of aromatic nitrogens is 3. The Balaban J connectivity index is 2.19. The van der Waals surface area contributed by atoms with Crippen LogP contribution in [-0.4, -0.2) is 21.1 Å². The predicted molar refractivity (Wildman–Crippen MR) is 82.0 cm³/mol. The van der Waals surface area contributed by atoms with Crippen LogP contribution in [0.4, 0.5) is 0 Å². The lowest BCUT2D eigenvalue weighted by atomic mass is 10.2. The van der Waals surface area contributed by atoms with E-state index >= 15 is 0 Å². The number of benzene rings is 1. The quantitative estimate of drug-likeness (QED) is 0.714. The monoisotopic (exact) mass is 401 g/mol. The number of aldehydes is 1. The van der Waals surface area contributed by atoms with Crippen molar-refractivity contribution in [2.75, 3.05) is 0 Å². The van der Waals surface area contributed by atoms with Crippen molar-refractivity contribution in [1.29, 1.82) is 0 Å². The minimum atomic E-state index is 0.223. The van der Waals surface area contributed by atoms with Crippen molar-refractivity contribution in [2.24, 2.45) is 0 Å². The Morgan fingerprint density at radius 2 is 2.00 bits per heavy atom. The van der Waals surface area contributed by atoms with Crippen LogP contribution in [0.5, 0.6) is 5.75 Å². The molecule has 1 heterocycles. The predicted octanol–water partition coefficient (Wildman–Crippen LogP) is 3.78. The van der Waals surface area contributed by atoms with E-state index < -0.39 is 0 Å². The molecule has 0 saturated carbocycles. The summed E-state index contributed by atoms with van der Waals surface area (Å²) >= 11 is 6.79. The van der Waals surface area contributed by atoms with Crippen molar-refractivity contribution < 1.29 is 9.53 Å². The van der Waals surface area contributed by atoms with Gasteiger partial charge in [0.2, 0.25) is 0 Å². The smallest absolute Gasteiger partial charge is 0.165 e. The van der Waals surface area contributed by atoms with E-state index in [1.165, 1.54) is 6.33 Å². The number of hydrogen-bond donors (Lipinski definition) is 0. The average Bonchev–Trinajstić information content (AvgIpc) is 2.86.